The zero-order valence-electron chi connectivity index (χ0n) is 14.6. The largest absolute Gasteiger partial charge is 0.457 e. The zero-order valence-corrected chi connectivity index (χ0v) is 16.2. The lowest BCUT2D eigenvalue weighted by atomic mass is 10.1. The summed E-state index contributed by atoms with van der Waals surface area (Å²) in [7, 11) is 0. The predicted molar refractivity (Wildman–Crippen MR) is 108 cm³/mol. The van der Waals surface area contributed by atoms with Crippen LogP contribution >= 0.6 is 15.9 Å². The number of hydrogen-bond donors (Lipinski definition) is 1. The molecule has 3 rings (SSSR count). The van der Waals surface area contributed by atoms with Gasteiger partial charge in [-0.05, 0) is 36.8 Å². The highest BCUT2D eigenvalue weighted by molar-refractivity contribution is 9.10. The van der Waals surface area contributed by atoms with Gasteiger partial charge in [0.05, 0.1) is 6.04 Å². The van der Waals surface area contributed by atoms with E-state index in [0.717, 1.165) is 15.6 Å². The Labute approximate surface area is 166 Å². The number of carbonyl (C=O) groups excluding carboxylic acids is 1. The molecule has 0 aliphatic carbocycles. The molecule has 134 valence electrons. The highest BCUT2D eigenvalue weighted by Gasteiger charge is 2.14. The second-order valence-corrected chi connectivity index (χ2v) is 6.90. The average molecular weight is 421 g/mol. The van der Waals surface area contributed by atoms with Gasteiger partial charge in [0.1, 0.15) is 23.2 Å². The lowest BCUT2D eigenvalue weighted by molar-refractivity contribution is -0.117. The Balaban J connectivity index is 1.75. The first kappa shape index (κ1) is 18.7. The van der Waals surface area contributed by atoms with Crippen LogP contribution < -0.4 is 5.32 Å². The van der Waals surface area contributed by atoms with Crippen LogP contribution in [0.3, 0.4) is 0 Å². The number of nitriles is 1. The van der Waals surface area contributed by atoms with Gasteiger partial charge in [0, 0.05) is 16.1 Å². The quantitative estimate of drug-likeness (QED) is 0.438. The zero-order chi connectivity index (χ0) is 19.2. The van der Waals surface area contributed by atoms with Crippen LogP contribution in [0.1, 0.15) is 24.3 Å². The van der Waals surface area contributed by atoms with Gasteiger partial charge in [-0.3, -0.25) is 4.79 Å². The Morgan fingerprint density at radius 3 is 2.48 bits per heavy atom. The van der Waals surface area contributed by atoms with Crippen LogP contribution in [-0.2, 0) is 4.79 Å². The lowest BCUT2D eigenvalue weighted by Gasteiger charge is -2.13. The molecule has 0 radical (unpaired) electrons. The van der Waals surface area contributed by atoms with Crippen molar-refractivity contribution in [3.8, 4) is 17.4 Å². The van der Waals surface area contributed by atoms with E-state index in [1.807, 2.05) is 73.7 Å². The van der Waals surface area contributed by atoms with E-state index < -0.39 is 5.91 Å². The van der Waals surface area contributed by atoms with Crippen molar-refractivity contribution in [3.05, 3.63) is 88.1 Å². The summed E-state index contributed by atoms with van der Waals surface area (Å²) < 4.78 is 6.74. The minimum Gasteiger partial charge on any atom is -0.457 e. The third-order valence-corrected chi connectivity index (χ3v) is 4.58. The topological polar surface area (TPSA) is 66.0 Å². The fraction of sp³-hybridized carbons (Fsp3) is 0.0909. The van der Waals surface area contributed by atoms with Crippen LogP contribution in [0.5, 0.6) is 0 Å². The summed E-state index contributed by atoms with van der Waals surface area (Å²) in [5, 5.41) is 12.2. The molecule has 5 heteroatoms. The fourth-order valence-electron chi connectivity index (χ4n) is 2.59. The molecule has 0 aliphatic rings. The number of furan rings is 1. The third-order valence-electron chi connectivity index (χ3n) is 4.05. The second kappa shape index (κ2) is 8.52. The molecule has 0 aliphatic heterocycles. The van der Waals surface area contributed by atoms with E-state index in [9.17, 15) is 10.1 Å². The van der Waals surface area contributed by atoms with Crippen molar-refractivity contribution in [2.24, 2.45) is 0 Å². The highest BCUT2D eigenvalue weighted by atomic mass is 79.9. The van der Waals surface area contributed by atoms with Crippen molar-refractivity contribution in [1.82, 2.24) is 5.32 Å². The van der Waals surface area contributed by atoms with Gasteiger partial charge in [0.25, 0.3) is 5.91 Å². The molecule has 0 saturated carbocycles. The monoisotopic (exact) mass is 420 g/mol. The van der Waals surface area contributed by atoms with E-state index in [1.165, 1.54) is 6.08 Å². The van der Waals surface area contributed by atoms with E-state index >= 15 is 0 Å². The molecule has 27 heavy (non-hydrogen) atoms. The Morgan fingerprint density at radius 2 is 1.81 bits per heavy atom. The summed E-state index contributed by atoms with van der Waals surface area (Å²) in [4.78, 5) is 12.4. The molecule has 1 atom stereocenters. The van der Waals surface area contributed by atoms with Gasteiger partial charge in [0.2, 0.25) is 0 Å². The maximum absolute atomic E-state index is 12.4. The van der Waals surface area contributed by atoms with Crippen molar-refractivity contribution in [2.75, 3.05) is 0 Å². The van der Waals surface area contributed by atoms with Crippen molar-refractivity contribution < 1.29 is 9.21 Å². The predicted octanol–water partition coefficient (Wildman–Crippen LogP) is 5.49. The number of rotatable bonds is 5. The molecule has 2 aromatic carbocycles. The van der Waals surface area contributed by atoms with Gasteiger partial charge in [-0.25, -0.2) is 0 Å². The first-order chi connectivity index (χ1) is 13.1. The van der Waals surface area contributed by atoms with E-state index in [2.05, 4.69) is 21.2 Å². The molecule has 1 heterocycles. The maximum atomic E-state index is 12.4. The normalized spacial score (nSPS) is 12.3. The Bertz CT molecular complexity index is 999. The summed E-state index contributed by atoms with van der Waals surface area (Å²) in [5.41, 5.74) is 1.88. The molecule has 0 fully saturated rings. The summed E-state index contributed by atoms with van der Waals surface area (Å²) >= 11 is 3.40. The molecule has 3 aromatic rings. The van der Waals surface area contributed by atoms with E-state index in [0.29, 0.717) is 11.5 Å². The number of nitrogens with zero attached hydrogens (tertiary/aromatic N) is 1. The van der Waals surface area contributed by atoms with Gasteiger partial charge in [0.15, 0.2) is 0 Å². The molecule has 1 amide bonds. The second-order valence-electron chi connectivity index (χ2n) is 5.98. The molecule has 1 aromatic heterocycles. The van der Waals surface area contributed by atoms with E-state index in [-0.39, 0.29) is 11.6 Å². The molecule has 0 saturated heterocycles. The van der Waals surface area contributed by atoms with Gasteiger partial charge < -0.3 is 9.73 Å². The Morgan fingerprint density at radius 1 is 1.11 bits per heavy atom. The standard InChI is InChI=1S/C22H17BrN2O2/c1-15(16-5-3-2-4-6-16)25-22(26)18(14-24)13-20-11-12-21(27-20)17-7-9-19(23)10-8-17/h2-13,15H,1H3,(H,25,26)/b18-13+/t15-/m1/s1. The van der Waals surface area contributed by atoms with Gasteiger partial charge in [-0.15, -0.1) is 0 Å². The van der Waals surface area contributed by atoms with Crippen LogP contribution in [-0.4, -0.2) is 5.91 Å². The Hall–Kier alpha value is -3.10. The first-order valence-corrected chi connectivity index (χ1v) is 9.19. The molecule has 1 N–H and O–H groups in total. The number of hydrogen-bond acceptors (Lipinski definition) is 3. The SMILES string of the molecule is C[C@@H](NC(=O)/C(C#N)=C/c1ccc(-c2ccc(Br)cc2)o1)c1ccccc1. The van der Waals surface area contributed by atoms with Crippen LogP contribution in [0, 0.1) is 11.3 Å². The number of benzene rings is 2. The molecule has 0 spiro atoms. The van der Waals surface area contributed by atoms with Crippen LogP contribution in [0.2, 0.25) is 0 Å². The lowest BCUT2D eigenvalue weighted by Crippen LogP contribution is -2.27. The molecule has 0 bridgehead atoms. The summed E-state index contributed by atoms with van der Waals surface area (Å²) in [6, 6.07) is 22.6. The van der Waals surface area contributed by atoms with Gasteiger partial charge in [-0.1, -0.05) is 58.4 Å². The molecular weight excluding hydrogens is 404 g/mol. The van der Waals surface area contributed by atoms with Crippen molar-refractivity contribution in [3.63, 3.8) is 0 Å². The Kier molecular flexibility index (Phi) is 5.90. The fourth-order valence-corrected chi connectivity index (χ4v) is 2.85. The van der Waals surface area contributed by atoms with Crippen molar-refractivity contribution >= 4 is 27.9 Å². The number of amides is 1. The van der Waals surface area contributed by atoms with Gasteiger partial charge in [-0.2, -0.15) is 5.26 Å². The van der Waals surface area contributed by atoms with Crippen LogP contribution in [0.4, 0.5) is 0 Å². The highest BCUT2D eigenvalue weighted by Crippen LogP contribution is 2.25. The maximum Gasteiger partial charge on any atom is 0.262 e. The number of halogens is 1. The van der Waals surface area contributed by atoms with Gasteiger partial charge >= 0.3 is 0 Å². The van der Waals surface area contributed by atoms with Crippen molar-refractivity contribution in [2.45, 2.75) is 13.0 Å². The molecular formula is C22H17BrN2O2. The number of nitrogens with one attached hydrogen (secondary N) is 1. The smallest absolute Gasteiger partial charge is 0.262 e. The van der Waals surface area contributed by atoms with Crippen molar-refractivity contribution in [1.29, 1.82) is 5.26 Å². The minimum atomic E-state index is -0.435. The molecule has 4 nitrogen and oxygen atoms in total. The summed E-state index contributed by atoms with van der Waals surface area (Å²) in [5.74, 6) is 0.687. The summed E-state index contributed by atoms with van der Waals surface area (Å²) in [6.45, 7) is 1.88. The van der Waals surface area contributed by atoms with E-state index in [1.54, 1.807) is 6.07 Å². The number of carbonyl (C=O) groups is 1. The summed E-state index contributed by atoms with van der Waals surface area (Å²) in [6.07, 6.45) is 1.45. The van der Waals surface area contributed by atoms with Crippen LogP contribution in [0.15, 0.2) is 81.2 Å². The average Bonchev–Trinajstić information content (AvgIpc) is 3.16. The third kappa shape index (κ3) is 4.75. The van der Waals surface area contributed by atoms with E-state index in [4.69, 9.17) is 4.42 Å². The molecule has 0 unspecified atom stereocenters. The van der Waals surface area contributed by atoms with Crippen LogP contribution in [0.25, 0.3) is 17.4 Å². The minimum absolute atomic E-state index is 0.00510. The first-order valence-electron chi connectivity index (χ1n) is 8.40.